The summed E-state index contributed by atoms with van der Waals surface area (Å²) in [6.45, 7) is 1.73. The standard InChI is InChI=1S/C11H19ClO3/c1-9(11(14)15)7-5-3-2-4-6-8-10(12)13/h9H,2-8H2,1H3,(H,14,15). The Kier molecular flexibility index (Phi) is 8.38. The number of halogens is 1. The Hall–Kier alpha value is -0.570. The molecule has 0 radical (unpaired) electrons. The van der Waals surface area contributed by atoms with E-state index < -0.39 is 5.97 Å². The average Bonchev–Trinajstić information content (AvgIpc) is 2.15. The van der Waals surface area contributed by atoms with E-state index in [2.05, 4.69) is 0 Å². The first kappa shape index (κ1) is 14.4. The molecule has 0 amide bonds. The van der Waals surface area contributed by atoms with Crippen molar-refractivity contribution in [2.45, 2.75) is 51.9 Å². The Morgan fingerprint density at radius 3 is 2.20 bits per heavy atom. The highest BCUT2D eigenvalue weighted by atomic mass is 35.5. The van der Waals surface area contributed by atoms with Crippen molar-refractivity contribution in [3.8, 4) is 0 Å². The topological polar surface area (TPSA) is 54.4 Å². The molecule has 0 aromatic carbocycles. The van der Waals surface area contributed by atoms with Gasteiger partial charge in [-0.15, -0.1) is 0 Å². The second-order valence-corrected chi connectivity index (χ2v) is 4.32. The monoisotopic (exact) mass is 234 g/mol. The SMILES string of the molecule is CC(CCCCCCCC(=O)Cl)C(=O)O. The van der Waals surface area contributed by atoms with Gasteiger partial charge in [-0.25, -0.2) is 0 Å². The number of carbonyl (C=O) groups excluding carboxylic acids is 1. The molecule has 0 aliphatic rings. The van der Waals surface area contributed by atoms with Crippen LogP contribution in [0.25, 0.3) is 0 Å². The van der Waals surface area contributed by atoms with Crippen molar-refractivity contribution < 1.29 is 14.7 Å². The third kappa shape index (κ3) is 9.73. The van der Waals surface area contributed by atoms with Gasteiger partial charge in [0.25, 0.3) is 0 Å². The Balaban J connectivity index is 3.18. The molecular formula is C11H19ClO3. The molecule has 0 aromatic heterocycles. The van der Waals surface area contributed by atoms with Crippen LogP contribution in [0.1, 0.15) is 51.9 Å². The van der Waals surface area contributed by atoms with Crippen LogP contribution >= 0.6 is 11.6 Å². The lowest BCUT2D eigenvalue weighted by Gasteiger charge is -2.05. The highest BCUT2D eigenvalue weighted by Gasteiger charge is 2.09. The summed E-state index contributed by atoms with van der Waals surface area (Å²) in [5.74, 6) is -0.961. The highest BCUT2D eigenvalue weighted by molar-refractivity contribution is 6.63. The smallest absolute Gasteiger partial charge is 0.306 e. The minimum absolute atomic E-state index is 0.241. The molecule has 1 N–H and O–H groups in total. The van der Waals surface area contributed by atoms with Crippen molar-refractivity contribution >= 4 is 22.8 Å². The zero-order valence-electron chi connectivity index (χ0n) is 9.17. The van der Waals surface area contributed by atoms with E-state index in [0.717, 1.165) is 38.5 Å². The first-order valence-electron chi connectivity index (χ1n) is 5.45. The fraction of sp³-hybridized carbons (Fsp3) is 0.818. The summed E-state index contributed by atoms with van der Waals surface area (Å²) in [4.78, 5) is 20.9. The quantitative estimate of drug-likeness (QED) is 0.492. The lowest BCUT2D eigenvalue weighted by Crippen LogP contribution is -2.08. The maximum Gasteiger partial charge on any atom is 0.306 e. The number of carboxylic acid groups (broad SMARTS) is 1. The van der Waals surface area contributed by atoms with Gasteiger partial charge >= 0.3 is 5.97 Å². The minimum atomic E-state index is -0.720. The molecule has 15 heavy (non-hydrogen) atoms. The van der Waals surface area contributed by atoms with Crippen LogP contribution in [-0.2, 0) is 9.59 Å². The lowest BCUT2D eigenvalue weighted by atomic mass is 10.0. The average molecular weight is 235 g/mol. The number of aliphatic carboxylic acids is 1. The van der Waals surface area contributed by atoms with Crippen LogP contribution in [0, 0.1) is 5.92 Å². The molecule has 0 aromatic rings. The second kappa shape index (κ2) is 8.72. The van der Waals surface area contributed by atoms with E-state index >= 15 is 0 Å². The molecule has 0 aliphatic carbocycles. The van der Waals surface area contributed by atoms with E-state index in [1.165, 1.54) is 0 Å². The fourth-order valence-electron chi connectivity index (χ4n) is 1.37. The van der Waals surface area contributed by atoms with E-state index in [-0.39, 0.29) is 11.2 Å². The van der Waals surface area contributed by atoms with Crippen LogP contribution in [0.3, 0.4) is 0 Å². The number of carbonyl (C=O) groups is 2. The van der Waals surface area contributed by atoms with Crippen LogP contribution < -0.4 is 0 Å². The number of hydrogen-bond acceptors (Lipinski definition) is 2. The Morgan fingerprint density at radius 1 is 1.13 bits per heavy atom. The van der Waals surface area contributed by atoms with Gasteiger partial charge in [0.2, 0.25) is 5.24 Å². The number of rotatable bonds is 9. The molecule has 0 rings (SSSR count). The van der Waals surface area contributed by atoms with Crippen molar-refractivity contribution in [2.75, 3.05) is 0 Å². The van der Waals surface area contributed by atoms with Gasteiger partial charge in [-0.2, -0.15) is 0 Å². The van der Waals surface area contributed by atoms with Crippen LogP contribution in [-0.4, -0.2) is 16.3 Å². The lowest BCUT2D eigenvalue weighted by molar-refractivity contribution is -0.141. The van der Waals surface area contributed by atoms with Gasteiger partial charge in [0, 0.05) is 6.42 Å². The summed E-state index contributed by atoms with van der Waals surface area (Å²) in [7, 11) is 0. The van der Waals surface area contributed by atoms with Crippen LogP contribution in [0.2, 0.25) is 0 Å². The summed E-state index contributed by atoms with van der Waals surface area (Å²) >= 11 is 5.19. The second-order valence-electron chi connectivity index (χ2n) is 3.90. The van der Waals surface area contributed by atoms with Gasteiger partial charge < -0.3 is 5.11 Å². The minimum Gasteiger partial charge on any atom is -0.481 e. The zero-order chi connectivity index (χ0) is 11.7. The van der Waals surface area contributed by atoms with Crippen molar-refractivity contribution in [1.29, 1.82) is 0 Å². The van der Waals surface area contributed by atoms with Gasteiger partial charge in [0.05, 0.1) is 5.92 Å². The van der Waals surface area contributed by atoms with Gasteiger partial charge in [-0.3, -0.25) is 9.59 Å². The number of carboxylic acids is 1. The molecule has 4 heteroatoms. The predicted molar refractivity (Wildman–Crippen MR) is 60.0 cm³/mol. The fourth-order valence-corrected chi connectivity index (χ4v) is 1.50. The van der Waals surface area contributed by atoms with E-state index in [4.69, 9.17) is 16.7 Å². The molecule has 1 unspecified atom stereocenters. The molecule has 0 bridgehead atoms. The molecule has 3 nitrogen and oxygen atoms in total. The Morgan fingerprint density at radius 2 is 1.67 bits per heavy atom. The van der Waals surface area contributed by atoms with Crippen molar-refractivity contribution in [1.82, 2.24) is 0 Å². The largest absolute Gasteiger partial charge is 0.481 e. The first-order chi connectivity index (χ1) is 7.04. The first-order valence-corrected chi connectivity index (χ1v) is 5.83. The maximum atomic E-state index is 10.5. The molecule has 0 saturated carbocycles. The van der Waals surface area contributed by atoms with Crippen LogP contribution in [0.4, 0.5) is 0 Å². The zero-order valence-corrected chi connectivity index (χ0v) is 9.92. The summed E-state index contributed by atoms with van der Waals surface area (Å²) < 4.78 is 0. The van der Waals surface area contributed by atoms with Gasteiger partial charge in [0.15, 0.2) is 0 Å². The Labute approximate surface area is 95.8 Å². The molecule has 88 valence electrons. The molecule has 0 saturated heterocycles. The molecule has 0 spiro atoms. The number of hydrogen-bond donors (Lipinski definition) is 1. The summed E-state index contributed by atoms with van der Waals surface area (Å²) in [5.41, 5.74) is 0. The third-order valence-corrected chi connectivity index (χ3v) is 2.62. The highest BCUT2D eigenvalue weighted by Crippen LogP contribution is 2.12. The molecule has 1 atom stereocenters. The van der Waals surface area contributed by atoms with E-state index in [9.17, 15) is 9.59 Å². The molecule has 0 aliphatic heterocycles. The summed E-state index contributed by atoms with van der Waals surface area (Å²) in [6, 6.07) is 0. The van der Waals surface area contributed by atoms with Gasteiger partial charge in [-0.1, -0.05) is 32.6 Å². The van der Waals surface area contributed by atoms with Crippen LogP contribution in [0.5, 0.6) is 0 Å². The van der Waals surface area contributed by atoms with Crippen molar-refractivity contribution in [3.63, 3.8) is 0 Å². The molecule has 0 fully saturated rings. The summed E-state index contributed by atoms with van der Waals surface area (Å²) in [5, 5.41) is 8.36. The van der Waals surface area contributed by atoms with Gasteiger partial charge in [0.1, 0.15) is 0 Å². The maximum absolute atomic E-state index is 10.5. The van der Waals surface area contributed by atoms with Crippen molar-refractivity contribution in [2.24, 2.45) is 5.92 Å². The third-order valence-electron chi connectivity index (χ3n) is 2.43. The van der Waals surface area contributed by atoms with E-state index in [1.807, 2.05) is 0 Å². The van der Waals surface area contributed by atoms with E-state index in [0.29, 0.717) is 6.42 Å². The Bertz CT molecular complexity index is 204. The van der Waals surface area contributed by atoms with Crippen LogP contribution in [0.15, 0.2) is 0 Å². The summed E-state index contributed by atoms with van der Waals surface area (Å²) in [6.07, 6.45) is 6.07. The molecular weight excluding hydrogens is 216 g/mol. The normalized spacial score (nSPS) is 12.4. The number of unbranched alkanes of at least 4 members (excludes halogenated alkanes) is 4. The molecule has 0 heterocycles. The van der Waals surface area contributed by atoms with Gasteiger partial charge in [-0.05, 0) is 24.4 Å². The van der Waals surface area contributed by atoms with E-state index in [1.54, 1.807) is 6.92 Å². The predicted octanol–water partition coefficient (Wildman–Crippen LogP) is 3.20. The van der Waals surface area contributed by atoms with Crippen molar-refractivity contribution in [3.05, 3.63) is 0 Å².